The molecule has 2 rings (SSSR count). The molecule has 1 amide bonds. The van der Waals surface area contributed by atoms with E-state index in [9.17, 15) is 23.1 Å². The zero-order chi connectivity index (χ0) is 19.0. The van der Waals surface area contributed by atoms with Crippen molar-refractivity contribution >= 4 is 18.3 Å². The summed E-state index contributed by atoms with van der Waals surface area (Å²) in [5, 5.41) is 15.8. The smallest absolute Gasteiger partial charge is 0.416 e. The van der Waals surface area contributed by atoms with Crippen molar-refractivity contribution in [3.05, 3.63) is 29.8 Å². The fourth-order valence-corrected chi connectivity index (χ4v) is 2.82. The minimum atomic E-state index is -4.39. The van der Waals surface area contributed by atoms with E-state index in [0.29, 0.717) is 12.3 Å². The SMILES string of the molecule is Cl.O=C(CCC1CCNCC1)NCC(O)COc1ccc(C(F)(F)F)cc1. The van der Waals surface area contributed by atoms with Crippen LogP contribution in [-0.4, -0.2) is 43.4 Å². The summed E-state index contributed by atoms with van der Waals surface area (Å²) in [6.07, 6.45) is -1.90. The maximum Gasteiger partial charge on any atom is 0.416 e. The number of piperidine rings is 1. The Labute approximate surface area is 163 Å². The fourth-order valence-electron chi connectivity index (χ4n) is 2.82. The van der Waals surface area contributed by atoms with E-state index >= 15 is 0 Å². The maximum atomic E-state index is 12.5. The van der Waals surface area contributed by atoms with Gasteiger partial charge in [-0.2, -0.15) is 13.2 Å². The van der Waals surface area contributed by atoms with Crippen molar-refractivity contribution in [1.82, 2.24) is 10.6 Å². The molecule has 1 saturated heterocycles. The number of carbonyl (C=O) groups is 1. The first-order valence-electron chi connectivity index (χ1n) is 8.80. The number of rotatable bonds is 8. The molecule has 1 aliphatic rings. The molecule has 0 spiro atoms. The van der Waals surface area contributed by atoms with Gasteiger partial charge in [0.1, 0.15) is 18.5 Å². The molecule has 27 heavy (non-hydrogen) atoms. The van der Waals surface area contributed by atoms with Crippen molar-refractivity contribution in [3.63, 3.8) is 0 Å². The molecule has 1 aliphatic heterocycles. The van der Waals surface area contributed by atoms with Crippen LogP contribution in [0, 0.1) is 5.92 Å². The Morgan fingerprint density at radius 3 is 2.48 bits per heavy atom. The molecule has 1 fully saturated rings. The molecule has 1 aromatic rings. The summed E-state index contributed by atoms with van der Waals surface area (Å²) in [6.45, 7) is 1.92. The lowest BCUT2D eigenvalue weighted by Crippen LogP contribution is -2.35. The number of aliphatic hydroxyl groups is 1. The summed E-state index contributed by atoms with van der Waals surface area (Å²) >= 11 is 0. The molecule has 0 saturated carbocycles. The van der Waals surface area contributed by atoms with Crippen LogP contribution in [0.1, 0.15) is 31.2 Å². The molecule has 0 bridgehead atoms. The molecule has 9 heteroatoms. The van der Waals surface area contributed by atoms with Crippen molar-refractivity contribution in [2.24, 2.45) is 5.92 Å². The molecule has 1 aromatic carbocycles. The Bertz CT molecular complexity index is 564. The van der Waals surface area contributed by atoms with E-state index in [4.69, 9.17) is 4.74 Å². The van der Waals surface area contributed by atoms with Gasteiger partial charge in [-0.05, 0) is 62.5 Å². The van der Waals surface area contributed by atoms with Gasteiger partial charge in [-0.3, -0.25) is 4.79 Å². The van der Waals surface area contributed by atoms with Gasteiger partial charge < -0.3 is 20.5 Å². The predicted octanol–water partition coefficient (Wildman–Crippen LogP) is 2.76. The number of carbonyl (C=O) groups excluding carboxylic acids is 1. The minimum Gasteiger partial charge on any atom is -0.491 e. The zero-order valence-electron chi connectivity index (χ0n) is 14.9. The lowest BCUT2D eigenvalue weighted by molar-refractivity contribution is -0.137. The predicted molar refractivity (Wildman–Crippen MR) is 98.0 cm³/mol. The van der Waals surface area contributed by atoms with Crippen molar-refractivity contribution < 1.29 is 27.8 Å². The Hall–Kier alpha value is -1.51. The molecular weight excluding hydrogens is 385 g/mol. The van der Waals surface area contributed by atoms with Crippen molar-refractivity contribution in [3.8, 4) is 5.75 Å². The number of hydrogen-bond acceptors (Lipinski definition) is 4. The lowest BCUT2D eigenvalue weighted by atomic mass is 9.93. The summed E-state index contributed by atoms with van der Waals surface area (Å²) in [4.78, 5) is 11.8. The summed E-state index contributed by atoms with van der Waals surface area (Å²) in [7, 11) is 0. The molecule has 1 unspecified atom stereocenters. The van der Waals surface area contributed by atoms with Crippen LogP contribution in [0.15, 0.2) is 24.3 Å². The second kappa shape index (κ2) is 11.4. The summed E-state index contributed by atoms with van der Waals surface area (Å²) in [6, 6.07) is 4.24. The van der Waals surface area contributed by atoms with Gasteiger partial charge in [-0.25, -0.2) is 0 Å². The standard InChI is InChI=1S/C18H25F3N2O3.ClH/c19-18(20,21)14-2-4-16(5-3-14)26-12-15(24)11-23-17(25)6-1-13-7-9-22-10-8-13;/h2-5,13,15,22,24H,1,6-12H2,(H,23,25);1H. The highest BCUT2D eigenvalue weighted by Gasteiger charge is 2.30. The van der Waals surface area contributed by atoms with E-state index < -0.39 is 17.8 Å². The first-order chi connectivity index (χ1) is 12.3. The van der Waals surface area contributed by atoms with E-state index in [-0.39, 0.29) is 37.2 Å². The van der Waals surface area contributed by atoms with Crippen LogP contribution in [0.3, 0.4) is 0 Å². The van der Waals surface area contributed by atoms with Gasteiger partial charge >= 0.3 is 6.18 Å². The first kappa shape index (κ1) is 23.5. The van der Waals surface area contributed by atoms with Gasteiger partial charge in [0.25, 0.3) is 0 Å². The first-order valence-corrected chi connectivity index (χ1v) is 8.80. The summed E-state index contributed by atoms with van der Waals surface area (Å²) < 4.78 is 42.6. The van der Waals surface area contributed by atoms with E-state index in [0.717, 1.165) is 44.5 Å². The molecular formula is C18H26ClF3N2O3. The van der Waals surface area contributed by atoms with Gasteiger partial charge in [-0.15, -0.1) is 12.4 Å². The number of alkyl halides is 3. The maximum absolute atomic E-state index is 12.5. The number of benzene rings is 1. The van der Waals surface area contributed by atoms with E-state index in [1.54, 1.807) is 0 Å². The highest BCUT2D eigenvalue weighted by molar-refractivity contribution is 5.85. The van der Waals surface area contributed by atoms with Gasteiger partial charge in [0.2, 0.25) is 5.91 Å². The van der Waals surface area contributed by atoms with Crippen LogP contribution >= 0.6 is 12.4 Å². The molecule has 5 nitrogen and oxygen atoms in total. The largest absolute Gasteiger partial charge is 0.491 e. The monoisotopic (exact) mass is 410 g/mol. The third kappa shape index (κ3) is 8.81. The Balaban J connectivity index is 0.00000364. The van der Waals surface area contributed by atoms with Crippen LogP contribution in [-0.2, 0) is 11.0 Å². The molecule has 1 atom stereocenters. The minimum absolute atomic E-state index is 0. The second-order valence-electron chi connectivity index (χ2n) is 6.52. The van der Waals surface area contributed by atoms with Crippen LogP contribution < -0.4 is 15.4 Å². The molecule has 3 N–H and O–H groups in total. The van der Waals surface area contributed by atoms with Crippen molar-refractivity contribution in [2.75, 3.05) is 26.2 Å². The van der Waals surface area contributed by atoms with E-state index in [1.165, 1.54) is 12.1 Å². The topological polar surface area (TPSA) is 70.6 Å². The van der Waals surface area contributed by atoms with Crippen LogP contribution in [0.4, 0.5) is 13.2 Å². The van der Waals surface area contributed by atoms with Crippen molar-refractivity contribution in [1.29, 1.82) is 0 Å². The Kier molecular flexibility index (Phi) is 9.90. The lowest BCUT2D eigenvalue weighted by Gasteiger charge is -2.22. The molecule has 154 valence electrons. The number of amides is 1. The number of hydrogen-bond donors (Lipinski definition) is 3. The quantitative estimate of drug-likeness (QED) is 0.616. The highest BCUT2D eigenvalue weighted by atomic mass is 35.5. The van der Waals surface area contributed by atoms with Crippen LogP contribution in [0.25, 0.3) is 0 Å². The average Bonchev–Trinajstić information content (AvgIpc) is 2.63. The zero-order valence-corrected chi connectivity index (χ0v) is 15.7. The highest BCUT2D eigenvalue weighted by Crippen LogP contribution is 2.30. The fraction of sp³-hybridized carbons (Fsp3) is 0.611. The summed E-state index contributed by atoms with van der Waals surface area (Å²) in [5.41, 5.74) is -0.758. The third-order valence-corrected chi connectivity index (χ3v) is 4.40. The normalized spacial score (nSPS) is 16.3. The third-order valence-electron chi connectivity index (χ3n) is 4.40. The van der Waals surface area contributed by atoms with Gasteiger partial charge in [0.15, 0.2) is 0 Å². The number of nitrogens with one attached hydrogen (secondary N) is 2. The van der Waals surface area contributed by atoms with E-state index in [1.807, 2.05) is 0 Å². The molecule has 0 aliphatic carbocycles. The summed E-state index contributed by atoms with van der Waals surface area (Å²) in [5.74, 6) is 0.682. The average molecular weight is 411 g/mol. The molecule has 1 heterocycles. The number of aliphatic hydroxyl groups excluding tert-OH is 1. The number of ether oxygens (including phenoxy) is 1. The van der Waals surface area contributed by atoms with Crippen LogP contribution in [0.5, 0.6) is 5.75 Å². The second-order valence-corrected chi connectivity index (χ2v) is 6.52. The van der Waals surface area contributed by atoms with E-state index in [2.05, 4.69) is 10.6 Å². The van der Waals surface area contributed by atoms with Crippen molar-refractivity contribution in [2.45, 2.75) is 38.0 Å². The Morgan fingerprint density at radius 1 is 1.26 bits per heavy atom. The number of halogens is 4. The Morgan fingerprint density at radius 2 is 1.89 bits per heavy atom. The molecule has 0 aromatic heterocycles. The van der Waals surface area contributed by atoms with Gasteiger partial charge in [-0.1, -0.05) is 0 Å². The molecule has 0 radical (unpaired) electrons. The van der Waals surface area contributed by atoms with Gasteiger partial charge in [0.05, 0.1) is 5.56 Å². The van der Waals surface area contributed by atoms with Gasteiger partial charge in [0, 0.05) is 13.0 Å². The van der Waals surface area contributed by atoms with Crippen LogP contribution in [0.2, 0.25) is 0 Å².